The van der Waals surface area contributed by atoms with Crippen LogP contribution in [-0.4, -0.2) is 37.1 Å². The van der Waals surface area contributed by atoms with Gasteiger partial charge in [0, 0.05) is 27.5 Å². The zero-order chi connectivity index (χ0) is 20.6. The highest BCUT2D eigenvalue weighted by atomic mass is 32.2. The maximum absolute atomic E-state index is 13.2. The molecule has 0 fully saturated rings. The molecule has 0 unspecified atom stereocenters. The number of benzene rings is 2. The van der Waals surface area contributed by atoms with E-state index in [1.54, 1.807) is 0 Å². The Hall–Kier alpha value is -1.87. The van der Waals surface area contributed by atoms with Crippen molar-refractivity contribution in [3.63, 3.8) is 0 Å². The molecule has 8 heteroatoms. The number of halogens is 3. The van der Waals surface area contributed by atoms with Crippen molar-refractivity contribution < 1.29 is 17.9 Å². The van der Waals surface area contributed by atoms with Crippen LogP contribution in [0.15, 0.2) is 52.3 Å². The van der Waals surface area contributed by atoms with E-state index in [0.717, 1.165) is 44.2 Å². The number of thiazole rings is 1. The Bertz CT molecular complexity index is 1030. The van der Waals surface area contributed by atoms with E-state index in [1.807, 2.05) is 43.3 Å². The number of hydrogen-bond acceptors (Lipinski definition) is 5. The average Bonchev–Trinajstić information content (AvgIpc) is 3.03. The summed E-state index contributed by atoms with van der Waals surface area (Å²) in [5, 5.41) is 0.821. The first-order valence-electron chi connectivity index (χ1n) is 9.04. The number of nitrogens with zero attached hydrogens (tertiary/aromatic N) is 2. The molecule has 1 aliphatic rings. The Kier molecular flexibility index (Phi) is 5.70. The zero-order valence-electron chi connectivity index (χ0n) is 15.9. The average molecular weight is 437 g/mol. The summed E-state index contributed by atoms with van der Waals surface area (Å²) in [6, 6.07) is 11.7. The van der Waals surface area contributed by atoms with E-state index in [9.17, 15) is 13.2 Å². The minimum atomic E-state index is -4.38. The van der Waals surface area contributed by atoms with E-state index in [-0.39, 0.29) is 0 Å². The van der Waals surface area contributed by atoms with Crippen LogP contribution < -0.4 is 0 Å². The van der Waals surface area contributed by atoms with E-state index in [0.29, 0.717) is 18.1 Å². The normalized spacial score (nSPS) is 13.0. The van der Waals surface area contributed by atoms with Crippen molar-refractivity contribution in [3.05, 3.63) is 53.0 Å². The first kappa shape index (κ1) is 20.4. The highest BCUT2D eigenvalue weighted by molar-refractivity contribution is 7.99. The van der Waals surface area contributed by atoms with Gasteiger partial charge in [0.05, 0.1) is 29.3 Å². The molecule has 1 aromatic heterocycles. The molecule has 0 aliphatic carbocycles. The highest BCUT2D eigenvalue weighted by Gasteiger charge is 2.32. The highest BCUT2D eigenvalue weighted by Crippen LogP contribution is 2.50. The lowest BCUT2D eigenvalue weighted by Gasteiger charge is -2.11. The number of alkyl halides is 3. The SMILES string of the molecule is CN(C)CCOCc1nc2c(s1)-c1ccccc1Sc1cc(C(F)(F)F)ccc1-2. The smallest absolute Gasteiger partial charge is 0.373 e. The van der Waals surface area contributed by atoms with Crippen LogP contribution in [0, 0.1) is 0 Å². The fourth-order valence-electron chi connectivity index (χ4n) is 3.04. The lowest BCUT2D eigenvalue weighted by Crippen LogP contribution is -2.17. The summed E-state index contributed by atoms with van der Waals surface area (Å²) in [6.45, 7) is 1.79. The minimum absolute atomic E-state index is 0.386. The van der Waals surface area contributed by atoms with Gasteiger partial charge < -0.3 is 9.64 Å². The Labute approximate surface area is 175 Å². The molecule has 0 N–H and O–H groups in total. The topological polar surface area (TPSA) is 25.4 Å². The summed E-state index contributed by atoms with van der Waals surface area (Å²) < 4.78 is 45.5. The molecule has 0 saturated heterocycles. The first-order chi connectivity index (χ1) is 13.8. The number of ether oxygens (including phenoxy) is 1. The van der Waals surface area contributed by atoms with Crippen molar-refractivity contribution >= 4 is 23.1 Å². The van der Waals surface area contributed by atoms with E-state index in [1.165, 1.54) is 35.2 Å². The molecule has 0 spiro atoms. The van der Waals surface area contributed by atoms with Gasteiger partial charge in [-0.1, -0.05) is 36.0 Å². The third-order valence-corrected chi connectivity index (χ3v) is 6.69. The van der Waals surface area contributed by atoms with Crippen molar-refractivity contribution in [1.82, 2.24) is 9.88 Å². The molecule has 0 radical (unpaired) electrons. The Balaban J connectivity index is 1.75. The van der Waals surface area contributed by atoms with Gasteiger partial charge in [0.2, 0.25) is 0 Å². The maximum atomic E-state index is 13.2. The fraction of sp³-hybridized carbons (Fsp3) is 0.286. The van der Waals surface area contributed by atoms with Gasteiger partial charge in [-0.25, -0.2) is 4.98 Å². The van der Waals surface area contributed by atoms with E-state index in [2.05, 4.69) is 0 Å². The number of likely N-dealkylation sites (N-methyl/N-ethyl adjacent to an activating group) is 1. The van der Waals surface area contributed by atoms with Gasteiger partial charge in [-0.2, -0.15) is 13.2 Å². The predicted molar refractivity (Wildman–Crippen MR) is 110 cm³/mol. The second-order valence-electron chi connectivity index (χ2n) is 6.95. The summed E-state index contributed by atoms with van der Waals surface area (Å²) >= 11 is 2.89. The first-order valence-corrected chi connectivity index (χ1v) is 10.7. The van der Waals surface area contributed by atoms with Gasteiger partial charge in [-0.15, -0.1) is 11.3 Å². The number of aromatic nitrogens is 1. The molecule has 3 nitrogen and oxygen atoms in total. The van der Waals surface area contributed by atoms with Crippen molar-refractivity contribution in [2.24, 2.45) is 0 Å². The lowest BCUT2D eigenvalue weighted by atomic mass is 10.0. The number of fused-ring (bicyclic) bond motifs is 5. The van der Waals surface area contributed by atoms with Crippen LogP contribution >= 0.6 is 23.1 Å². The van der Waals surface area contributed by atoms with Crippen molar-refractivity contribution in [1.29, 1.82) is 0 Å². The third kappa shape index (κ3) is 4.35. The molecule has 2 heterocycles. The fourth-order valence-corrected chi connectivity index (χ4v) is 5.28. The second-order valence-corrected chi connectivity index (χ2v) is 9.12. The van der Waals surface area contributed by atoms with Gasteiger partial charge in [0.25, 0.3) is 0 Å². The molecule has 2 aromatic carbocycles. The molecular formula is C21H19F3N2OS2. The van der Waals surface area contributed by atoms with Gasteiger partial charge in [-0.3, -0.25) is 0 Å². The van der Waals surface area contributed by atoms with Crippen LogP contribution in [0.5, 0.6) is 0 Å². The summed E-state index contributed by atoms with van der Waals surface area (Å²) in [7, 11) is 3.96. The third-order valence-electron chi connectivity index (χ3n) is 4.50. The molecule has 3 aromatic rings. The standard InChI is InChI=1S/C21H19F3N2OS2/c1-26(2)9-10-27-12-18-25-19-14-8-7-13(21(22,23)24)11-17(14)28-16-6-4-3-5-15(16)20(19)29-18/h3-8,11H,9-10,12H2,1-2H3. The molecule has 0 saturated carbocycles. The summed E-state index contributed by atoms with van der Waals surface area (Å²) in [4.78, 5) is 9.25. The maximum Gasteiger partial charge on any atom is 0.416 e. The molecule has 4 rings (SSSR count). The summed E-state index contributed by atoms with van der Waals surface area (Å²) in [6.07, 6.45) is -4.38. The predicted octanol–water partition coefficient (Wildman–Crippen LogP) is 6.04. The molecule has 0 atom stereocenters. The zero-order valence-corrected chi connectivity index (χ0v) is 17.5. The van der Waals surface area contributed by atoms with E-state index >= 15 is 0 Å². The molecular weight excluding hydrogens is 417 g/mol. The van der Waals surface area contributed by atoms with Crippen LogP contribution in [0.4, 0.5) is 13.2 Å². The minimum Gasteiger partial charge on any atom is -0.373 e. The quantitative estimate of drug-likeness (QED) is 0.356. The molecule has 152 valence electrons. The van der Waals surface area contributed by atoms with E-state index < -0.39 is 11.7 Å². The van der Waals surface area contributed by atoms with Crippen molar-refractivity contribution in [3.8, 4) is 21.7 Å². The van der Waals surface area contributed by atoms with Crippen LogP contribution in [0.2, 0.25) is 0 Å². The lowest BCUT2D eigenvalue weighted by molar-refractivity contribution is -0.137. The van der Waals surface area contributed by atoms with Gasteiger partial charge >= 0.3 is 6.18 Å². The van der Waals surface area contributed by atoms with Gasteiger partial charge in [0.1, 0.15) is 5.01 Å². The summed E-state index contributed by atoms with van der Waals surface area (Å²) in [5.74, 6) is 0. The molecule has 29 heavy (non-hydrogen) atoms. The van der Waals surface area contributed by atoms with E-state index in [4.69, 9.17) is 9.72 Å². The van der Waals surface area contributed by atoms with Crippen molar-refractivity contribution in [2.75, 3.05) is 27.2 Å². The number of rotatable bonds is 5. The van der Waals surface area contributed by atoms with Crippen LogP contribution in [0.3, 0.4) is 0 Å². The van der Waals surface area contributed by atoms with Crippen LogP contribution in [-0.2, 0) is 17.5 Å². The monoisotopic (exact) mass is 436 g/mol. The Morgan fingerprint density at radius 1 is 1.03 bits per heavy atom. The number of hydrogen-bond donors (Lipinski definition) is 0. The van der Waals surface area contributed by atoms with Gasteiger partial charge in [0.15, 0.2) is 0 Å². The Morgan fingerprint density at radius 2 is 1.83 bits per heavy atom. The molecule has 0 amide bonds. The summed E-state index contributed by atoms with van der Waals surface area (Å²) in [5.41, 5.74) is 1.80. The van der Waals surface area contributed by atoms with Crippen molar-refractivity contribution in [2.45, 2.75) is 22.6 Å². The molecule has 1 aliphatic heterocycles. The van der Waals surface area contributed by atoms with Gasteiger partial charge in [-0.05, 0) is 32.3 Å². The second kappa shape index (κ2) is 8.10. The Morgan fingerprint density at radius 3 is 2.59 bits per heavy atom. The molecule has 0 bridgehead atoms. The van der Waals surface area contributed by atoms with Crippen LogP contribution in [0.1, 0.15) is 10.6 Å². The largest absolute Gasteiger partial charge is 0.416 e. The van der Waals surface area contributed by atoms with Crippen LogP contribution in [0.25, 0.3) is 21.7 Å².